The molecular formula is C16H16BrClFNO. The first-order valence-electron chi connectivity index (χ1n) is 6.58. The summed E-state index contributed by atoms with van der Waals surface area (Å²) in [4.78, 5) is 0. The number of hydrogen-bond acceptors (Lipinski definition) is 2. The van der Waals surface area contributed by atoms with Crippen LogP contribution in [0.1, 0.15) is 24.1 Å². The van der Waals surface area contributed by atoms with Crippen molar-refractivity contribution in [2.75, 3.05) is 13.7 Å². The van der Waals surface area contributed by atoms with Crippen LogP contribution in [-0.2, 0) is 0 Å². The molecule has 0 bridgehead atoms. The largest absolute Gasteiger partial charge is 0.494 e. The molecule has 0 aromatic heterocycles. The highest BCUT2D eigenvalue weighted by Crippen LogP contribution is 2.32. The molecule has 1 N–H and O–H groups in total. The highest BCUT2D eigenvalue weighted by atomic mass is 79.9. The van der Waals surface area contributed by atoms with Gasteiger partial charge in [0.15, 0.2) is 11.6 Å². The molecule has 0 fully saturated rings. The molecule has 2 aromatic carbocycles. The SMILES string of the molecule is CCNC(c1ccc(OC)c(F)c1)c1ccc(Br)cc1Cl. The van der Waals surface area contributed by atoms with Gasteiger partial charge in [0.25, 0.3) is 0 Å². The lowest BCUT2D eigenvalue weighted by atomic mass is 9.98. The lowest BCUT2D eigenvalue weighted by Gasteiger charge is -2.21. The van der Waals surface area contributed by atoms with E-state index in [2.05, 4.69) is 21.2 Å². The zero-order valence-electron chi connectivity index (χ0n) is 11.8. The second-order valence-corrected chi connectivity index (χ2v) is 5.87. The van der Waals surface area contributed by atoms with Crippen LogP contribution in [-0.4, -0.2) is 13.7 Å². The highest BCUT2D eigenvalue weighted by molar-refractivity contribution is 9.10. The van der Waals surface area contributed by atoms with Gasteiger partial charge in [0, 0.05) is 9.50 Å². The predicted molar refractivity (Wildman–Crippen MR) is 87.6 cm³/mol. The minimum Gasteiger partial charge on any atom is -0.494 e. The Bertz CT molecular complexity index is 636. The number of ether oxygens (including phenoxy) is 1. The summed E-state index contributed by atoms with van der Waals surface area (Å²) < 4.78 is 19.8. The summed E-state index contributed by atoms with van der Waals surface area (Å²) in [6.45, 7) is 2.74. The molecule has 2 nitrogen and oxygen atoms in total. The van der Waals surface area contributed by atoms with Crippen molar-refractivity contribution in [1.29, 1.82) is 0 Å². The molecule has 0 aliphatic carbocycles. The van der Waals surface area contributed by atoms with Crippen LogP contribution in [0.25, 0.3) is 0 Å². The summed E-state index contributed by atoms with van der Waals surface area (Å²) >= 11 is 9.71. The molecule has 112 valence electrons. The van der Waals surface area contributed by atoms with Gasteiger partial charge < -0.3 is 10.1 Å². The summed E-state index contributed by atoms with van der Waals surface area (Å²) in [7, 11) is 1.45. The Morgan fingerprint density at radius 2 is 2.05 bits per heavy atom. The molecule has 0 amide bonds. The number of nitrogens with one attached hydrogen (secondary N) is 1. The first-order valence-corrected chi connectivity index (χ1v) is 7.75. The molecule has 0 spiro atoms. The lowest BCUT2D eigenvalue weighted by molar-refractivity contribution is 0.385. The molecule has 5 heteroatoms. The average molecular weight is 373 g/mol. The molecule has 21 heavy (non-hydrogen) atoms. The van der Waals surface area contributed by atoms with Gasteiger partial charge in [-0.2, -0.15) is 0 Å². The third-order valence-corrected chi connectivity index (χ3v) is 4.01. The highest BCUT2D eigenvalue weighted by Gasteiger charge is 2.18. The van der Waals surface area contributed by atoms with Crippen LogP contribution in [0.2, 0.25) is 5.02 Å². The van der Waals surface area contributed by atoms with Crippen molar-refractivity contribution in [3.05, 3.63) is 62.8 Å². The first kappa shape index (κ1) is 16.3. The number of halogens is 3. The number of rotatable bonds is 5. The van der Waals surface area contributed by atoms with Gasteiger partial charge in [0.05, 0.1) is 13.2 Å². The van der Waals surface area contributed by atoms with Crippen molar-refractivity contribution in [3.8, 4) is 5.75 Å². The number of hydrogen-bond donors (Lipinski definition) is 1. The van der Waals surface area contributed by atoms with E-state index in [1.165, 1.54) is 13.2 Å². The predicted octanol–water partition coefficient (Wildman–Crippen LogP) is 4.95. The second-order valence-electron chi connectivity index (χ2n) is 4.55. The van der Waals surface area contributed by atoms with E-state index in [1.807, 2.05) is 31.2 Å². The molecule has 1 atom stereocenters. The molecule has 0 saturated carbocycles. The summed E-state index contributed by atoms with van der Waals surface area (Å²) in [5.74, 6) is -0.151. The van der Waals surface area contributed by atoms with Crippen molar-refractivity contribution in [1.82, 2.24) is 5.32 Å². The Morgan fingerprint density at radius 1 is 1.29 bits per heavy atom. The molecule has 2 rings (SSSR count). The van der Waals surface area contributed by atoms with Gasteiger partial charge in [-0.05, 0) is 41.9 Å². The van der Waals surface area contributed by atoms with Crippen LogP contribution in [0.5, 0.6) is 5.75 Å². The van der Waals surface area contributed by atoms with Crippen molar-refractivity contribution < 1.29 is 9.13 Å². The van der Waals surface area contributed by atoms with Crippen LogP contribution in [0.4, 0.5) is 4.39 Å². The molecule has 0 aliphatic rings. The fraction of sp³-hybridized carbons (Fsp3) is 0.250. The summed E-state index contributed by atoms with van der Waals surface area (Å²) in [6, 6.07) is 10.5. The minimum atomic E-state index is -0.383. The summed E-state index contributed by atoms with van der Waals surface area (Å²) in [6.07, 6.45) is 0. The van der Waals surface area contributed by atoms with E-state index in [0.29, 0.717) is 5.02 Å². The normalized spacial score (nSPS) is 12.2. The Hall–Kier alpha value is -1.10. The molecule has 0 radical (unpaired) electrons. The van der Waals surface area contributed by atoms with Gasteiger partial charge in [-0.15, -0.1) is 0 Å². The standard InChI is InChI=1S/C16H16BrClFNO/c1-3-20-16(12-6-5-11(17)9-13(12)18)10-4-7-15(21-2)14(19)8-10/h4-9,16,20H,3H2,1-2H3. The first-order chi connectivity index (χ1) is 10.1. The van der Waals surface area contributed by atoms with Crippen molar-refractivity contribution >= 4 is 27.5 Å². The Labute approximate surface area is 137 Å². The molecule has 1 unspecified atom stereocenters. The maximum Gasteiger partial charge on any atom is 0.165 e. The smallest absolute Gasteiger partial charge is 0.165 e. The lowest BCUT2D eigenvalue weighted by Crippen LogP contribution is -2.22. The topological polar surface area (TPSA) is 21.3 Å². The molecule has 0 aliphatic heterocycles. The van der Waals surface area contributed by atoms with Crippen molar-refractivity contribution in [2.45, 2.75) is 13.0 Å². The van der Waals surface area contributed by atoms with Crippen molar-refractivity contribution in [3.63, 3.8) is 0 Å². The van der Waals surface area contributed by atoms with Gasteiger partial charge in [-0.25, -0.2) is 4.39 Å². The van der Waals surface area contributed by atoms with Gasteiger partial charge in [-0.3, -0.25) is 0 Å². The molecular weight excluding hydrogens is 357 g/mol. The molecule has 2 aromatic rings. The van der Waals surface area contributed by atoms with E-state index in [0.717, 1.165) is 22.1 Å². The van der Waals surface area contributed by atoms with E-state index >= 15 is 0 Å². The van der Waals surface area contributed by atoms with E-state index in [4.69, 9.17) is 16.3 Å². The third kappa shape index (κ3) is 3.76. The van der Waals surface area contributed by atoms with Crippen LogP contribution in [0.15, 0.2) is 40.9 Å². The third-order valence-electron chi connectivity index (χ3n) is 3.19. The summed E-state index contributed by atoms with van der Waals surface area (Å²) in [5, 5.41) is 3.96. The molecule has 0 saturated heterocycles. The van der Waals surface area contributed by atoms with E-state index in [1.54, 1.807) is 6.07 Å². The zero-order chi connectivity index (χ0) is 15.4. The molecule has 0 heterocycles. The van der Waals surface area contributed by atoms with Gasteiger partial charge in [0.1, 0.15) is 0 Å². The Morgan fingerprint density at radius 3 is 2.62 bits per heavy atom. The maximum absolute atomic E-state index is 13.9. The number of benzene rings is 2. The van der Waals surface area contributed by atoms with Crippen molar-refractivity contribution in [2.24, 2.45) is 0 Å². The fourth-order valence-corrected chi connectivity index (χ4v) is 2.99. The van der Waals surface area contributed by atoms with E-state index in [9.17, 15) is 4.39 Å². The van der Waals surface area contributed by atoms with Crippen LogP contribution in [0, 0.1) is 5.82 Å². The second kappa shape index (κ2) is 7.25. The maximum atomic E-state index is 13.9. The van der Waals surface area contributed by atoms with Crippen LogP contribution < -0.4 is 10.1 Å². The monoisotopic (exact) mass is 371 g/mol. The quantitative estimate of drug-likeness (QED) is 0.802. The van der Waals surface area contributed by atoms with Crippen LogP contribution >= 0.6 is 27.5 Å². The Kier molecular flexibility index (Phi) is 5.62. The Balaban J connectivity index is 2.45. The summed E-state index contributed by atoms with van der Waals surface area (Å²) in [5.41, 5.74) is 1.71. The van der Waals surface area contributed by atoms with Gasteiger partial charge >= 0.3 is 0 Å². The fourth-order valence-electron chi connectivity index (χ4n) is 2.21. The van der Waals surface area contributed by atoms with Gasteiger partial charge in [0.2, 0.25) is 0 Å². The van der Waals surface area contributed by atoms with E-state index in [-0.39, 0.29) is 17.6 Å². The number of methoxy groups -OCH3 is 1. The van der Waals surface area contributed by atoms with E-state index < -0.39 is 0 Å². The zero-order valence-corrected chi connectivity index (χ0v) is 14.1. The van der Waals surface area contributed by atoms with Gasteiger partial charge in [-0.1, -0.05) is 46.6 Å². The van der Waals surface area contributed by atoms with Crippen LogP contribution in [0.3, 0.4) is 0 Å². The average Bonchev–Trinajstić information content (AvgIpc) is 2.45. The minimum absolute atomic E-state index is 0.170.